The van der Waals surface area contributed by atoms with E-state index in [9.17, 15) is 0 Å². The van der Waals surface area contributed by atoms with Gasteiger partial charge < -0.3 is 4.74 Å². The van der Waals surface area contributed by atoms with Crippen LogP contribution in [0.3, 0.4) is 0 Å². The van der Waals surface area contributed by atoms with Crippen molar-refractivity contribution in [2.45, 2.75) is 38.2 Å². The zero-order chi connectivity index (χ0) is 13.3. The Hall–Kier alpha value is -1.34. The smallest absolute Gasteiger partial charge is 0.0785 e. The van der Waals surface area contributed by atoms with Crippen LogP contribution in [-0.2, 0) is 4.74 Å². The van der Waals surface area contributed by atoms with Crippen molar-refractivity contribution in [3.05, 3.63) is 54.6 Å². The van der Waals surface area contributed by atoms with Crippen LogP contribution >= 0.6 is 0 Å². The van der Waals surface area contributed by atoms with Gasteiger partial charge >= 0.3 is 0 Å². The van der Waals surface area contributed by atoms with Gasteiger partial charge in [-0.05, 0) is 24.3 Å². The monoisotopic (exact) mass is 256 g/mol. The third-order valence-corrected chi connectivity index (χ3v) is 3.84. The average Bonchev–Trinajstić information content (AvgIpc) is 2.49. The molecule has 0 amide bonds. The first-order valence-electron chi connectivity index (χ1n) is 7.36. The molecule has 1 nitrogen and oxygen atoms in total. The van der Waals surface area contributed by atoms with E-state index in [0.717, 1.165) is 0 Å². The lowest BCUT2D eigenvalue weighted by Gasteiger charge is -2.27. The highest BCUT2D eigenvalue weighted by Crippen LogP contribution is 2.28. The zero-order valence-electron chi connectivity index (χ0n) is 11.6. The molecule has 0 heterocycles. The molecule has 1 aliphatic carbocycles. The molecule has 0 aliphatic heterocycles. The molecule has 0 saturated heterocycles. The summed E-state index contributed by atoms with van der Waals surface area (Å²) < 4.78 is 5.95. The lowest BCUT2D eigenvalue weighted by molar-refractivity contribution is 0.0496. The second-order valence-corrected chi connectivity index (χ2v) is 5.24. The quantitative estimate of drug-likeness (QED) is 0.661. The fourth-order valence-corrected chi connectivity index (χ4v) is 2.77. The van der Waals surface area contributed by atoms with E-state index < -0.39 is 0 Å². The first-order valence-corrected chi connectivity index (χ1v) is 7.36. The maximum absolute atomic E-state index is 5.95. The van der Waals surface area contributed by atoms with Crippen molar-refractivity contribution in [1.82, 2.24) is 0 Å². The molecule has 0 bridgehead atoms. The van der Waals surface area contributed by atoms with Crippen LogP contribution in [-0.4, -0.2) is 12.7 Å². The normalized spacial score (nSPS) is 18.5. The number of benzene rings is 1. The highest BCUT2D eigenvalue weighted by Gasteiger charge is 2.21. The molecule has 0 spiro atoms. The number of hydrogen-bond donors (Lipinski definition) is 0. The molecule has 2 rings (SSSR count). The minimum absolute atomic E-state index is 0.223. The van der Waals surface area contributed by atoms with Gasteiger partial charge in [-0.25, -0.2) is 0 Å². The summed E-state index contributed by atoms with van der Waals surface area (Å²) in [5, 5.41) is 0. The molecule has 1 unspecified atom stereocenters. The van der Waals surface area contributed by atoms with Gasteiger partial charge in [-0.2, -0.15) is 0 Å². The Morgan fingerprint density at radius 2 is 1.89 bits per heavy atom. The maximum atomic E-state index is 5.95. The molecule has 102 valence electrons. The van der Waals surface area contributed by atoms with Crippen LogP contribution in [0.4, 0.5) is 0 Å². The second kappa shape index (κ2) is 7.96. The van der Waals surface area contributed by atoms with Gasteiger partial charge in [-0.3, -0.25) is 0 Å². The minimum atomic E-state index is 0.223. The van der Waals surface area contributed by atoms with Crippen LogP contribution in [0.15, 0.2) is 49.1 Å². The largest absolute Gasteiger partial charge is 0.370 e. The Bertz CT molecular complexity index is 387. The second-order valence-electron chi connectivity index (χ2n) is 5.24. The predicted molar refractivity (Wildman–Crippen MR) is 82.0 cm³/mol. The molecular weight excluding hydrogens is 232 g/mol. The minimum Gasteiger partial charge on any atom is -0.370 e. The average molecular weight is 256 g/mol. The van der Waals surface area contributed by atoms with E-state index >= 15 is 0 Å². The van der Waals surface area contributed by atoms with Crippen molar-refractivity contribution in [3.8, 4) is 0 Å². The van der Waals surface area contributed by atoms with Crippen molar-refractivity contribution in [2.24, 2.45) is 5.92 Å². The molecule has 1 saturated carbocycles. The summed E-state index contributed by atoms with van der Waals surface area (Å²) in [5.41, 5.74) is 1.22. The lowest BCUT2D eigenvalue weighted by atomic mass is 9.85. The van der Waals surface area contributed by atoms with Crippen LogP contribution in [0.2, 0.25) is 0 Å². The van der Waals surface area contributed by atoms with Crippen molar-refractivity contribution in [1.29, 1.82) is 0 Å². The number of ether oxygens (including phenoxy) is 1. The number of rotatable bonds is 6. The van der Waals surface area contributed by atoms with E-state index in [-0.39, 0.29) is 6.10 Å². The highest BCUT2D eigenvalue weighted by molar-refractivity contribution is 5.48. The molecule has 1 fully saturated rings. The van der Waals surface area contributed by atoms with E-state index in [1.54, 1.807) is 0 Å². The standard InChI is InChI=1S/C18H24O/c1-2-18(17-13-7-4-8-14-17)19-15-9-12-16-10-5-3-6-11-16/h2-3,5-6,9-12,17-18H,1,4,7-8,13-15H2/b12-9+. The van der Waals surface area contributed by atoms with E-state index in [1.807, 2.05) is 12.1 Å². The van der Waals surface area contributed by atoms with Gasteiger partial charge in [-0.1, -0.05) is 67.8 Å². The zero-order valence-corrected chi connectivity index (χ0v) is 11.6. The molecule has 1 heteroatoms. The first kappa shape index (κ1) is 14.1. The summed E-state index contributed by atoms with van der Waals surface area (Å²) in [6, 6.07) is 10.3. The molecular formula is C18H24O. The van der Waals surface area contributed by atoms with Gasteiger partial charge in [-0.15, -0.1) is 6.58 Å². The third-order valence-electron chi connectivity index (χ3n) is 3.84. The fourth-order valence-electron chi connectivity index (χ4n) is 2.77. The van der Waals surface area contributed by atoms with Crippen LogP contribution < -0.4 is 0 Å². The van der Waals surface area contributed by atoms with E-state index in [4.69, 9.17) is 4.74 Å². The maximum Gasteiger partial charge on any atom is 0.0785 e. The topological polar surface area (TPSA) is 9.23 Å². The van der Waals surface area contributed by atoms with Crippen molar-refractivity contribution in [3.63, 3.8) is 0 Å². The Morgan fingerprint density at radius 3 is 2.58 bits per heavy atom. The Labute approximate surface area is 117 Å². The van der Waals surface area contributed by atoms with E-state index in [0.29, 0.717) is 12.5 Å². The van der Waals surface area contributed by atoms with Gasteiger partial charge in [0.2, 0.25) is 0 Å². The Balaban J connectivity index is 1.76. The summed E-state index contributed by atoms with van der Waals surface area (Å²) in [5.74, 6) is 0.677. The number of hydrogen-bond acceptors (Lipinski definition) is 1. The van der Waals surface area contributed by atoms with Gasteiger partial charge in [0.15, 0.2) is 0 Å². The Kier molecular flexibility index (Phi) is 5.90. The summed E-state index contributed by atoms with van der Waals surface area (Å²) in [7, 11) is 0. The SMILES string of the molecule is C=CC(OC/C=C/c1ccccc1)C1CCCCC1. The van der Waals surface area contributed by atoms with Crippen molar-refractivity contribution >= 4 is 6.08 Å². The van der Waals surface area contributed by atoms with Crippen LogP contribution in [0.25, 0.3) is 6.08 Å². The van der Waals surface area contributed by atoms with Crippen LogP contribution in [0, 0.1) is 5.92 Å². The van der Waals surface area contributed by atoms with E-state index in [1.165, 1.54) is 37.7 Å². The van der Waals surface area contributed by atoms with E-state index in [2.05, 4.69) is 43.0 Å². The summed E-state index contributed by atoms with van der Waals surface area (Å²) in [4.78, 5) is 0. The molecule has 1 aliphatic rings. The van der Waals surface area contributed by atoms with Gasteiger partial charge in [0.05, 0.1) is 12.7 Å². The van der Waals surface area contributed by atoms with Gasteiger partial charge in [0.25, 0.3) is 0 Å². The fraction of sp³-hybridized carbons (Fsp3) is 0.444. The molecule has 1 aromatic carbocycles. The van der Waals surface area contributed by atoms with Crippen molar-refractivity contribution < 1.29 is 4.74 Å². The summed E-state index contributed by atoms with van der Waals surface area (Å²) >= 11 is 0. The molecule has 0 radical (unpaired) electrons. The van der Waals surface area contributed by atoms with Crippen LogP contribution in [0.1, 0.15) is 37.7 Å². The lowest BCUT2D eigenvalue weighted by Crippen LogP contribution is -2.24. The van der Waals surface area contributed by atoms with Gasteiger partial charge in [0.1, 0.15) is 0 Å². The first-order chi connectivity index (χ1) is 9.40. The molecule has 0 N–H and O–H groups in total. The third kappa shape index (κ3) is 4.68. The molecule has 1 aromatic rings. The highest BCUT2D eigenvalue weighted by atomic mass is 16.5. The van der Waals surface area contributed by atoms with Crippen LogP contribution in [0.5, 0.6) is 0 Å². The molecule has 1 atom stereocenters. The predicted octanol–water partition coefficient (Wildman–Crippen LogP) is 4.85. The molecule has 0 aromatic heterocycles. The molecule has 19 heavy (non-hydrogen) atoms. The van der Waals surface area contributed by atoms with Crippen molar-refractivity contribution in [2.75, 3.05) is 6.61 Å². The summed E-state index contributed by atoms with van der Waals surface area (Å²) in [6.45, 7) is 4.59. The summed E-state index contributed by atoms with van der Waals surface area (Å²) in [6.07, 6.45) is 13.1. The Morgan fingerprint density at radius 1 is 1.16 bits per heavy atom. The van der Waals surface area contributed by atoms with Gasteiger partial charge in [0, 0.05) is 0 Å².